The minimum atomic E-state index is 0.160. The summed E-state index contributed by atoms with van der Waals surface area (Å²) in [5, 5.41) is 3.14. The van der Waals surface area contributed by atoms with Gasteiger partial charge in [0.25, 0.3) is 0 Å². The Morgan fingerprint density at radius 3 is 2.82 bits per heavy atom. The van der Waals surface area contributed by atoms with E-state index in [4.69, 9.17) is 4.74 Å². The first-order valence-corrected chi connectivity index (χ1v) is 6.87. The molecule has 1 aromatic rings. The van der Waals surface area contributed by atoms with Crippen molar-refractivity contribution in [3.63, 3.8) is 0 Å². The quantitative estimate of drug-likeness (QED) is 0.891. The van der Waals surface area contributed by atoms with Gasteiger partial charge in [0, 0.05) is 6.54 Å². The molecule has 17 heavy (non-hydrogen) atoms. The van der Waals surface area contributed by atoms with Crippen molar-refractivity contribution in [1.82, 2.24) is 5.32 Å². The summed E-state index contributed by atoms with van der Waals surface area (Å²) in [4.78, 5) is 11.8. The van der Waals surface area contributed by atoms with Gasteiger partial charge in [-0.25, -0.2) is 0 Å². The Morgan fingerprint density at radius 2 is 2.24 bits per heavy atom. The zero-order chi connectivity index (χ0) is 12.1. The van der Waals surface area contributed by atoms with E-state index in [1.165, 1.54) is 0 Å². The number of amides is 1. The highest BCUT2D eigenvalue weighted by atomic mass is 32.2. The van der Waals surface area contributed by atoms with Crippen molar-refractivity contribution in [3.05, 3.63) is 29.8 Å². The van der Waals surface area contributed by atoms with Crippen molar-refractivity contribution >= 4 is 17.7 Å². The van der Waals surface area contributed by atoms with Crippen LogP contribution in [0, 0.1) is 0 Å². The number of rotatable bonds is 4. The molecule has 1 saturated heterocycles. The molecule has 1 N–H and O–H groups in total. The first kappa shape index (κ1) is 12.3. The van der Waals surface area contributed by atoms with Crippen LogP contribution in [-0.2, 0) is 11.3 Å². The minimum absolute atomic E-state index is 0.160. The Balaban J connectivity index is 1.82. The van der Waals surface area contributed by atoms with E-state index in [9.17, 15) is 4.79 Å². The van der Waals surface area contributed by atoms with Crippen LogP contribution in [0.25, 0.3) is 0 Å². The summed E-state index contributed by atoms with van der Waals surface area (Å²) < 4.78 is 5.09. The van der Waals surface area contributed by atoms with Gasteiger partial charge in [0.1, 0.15) is 5.75 Å². The van der Waals surface area contributed by atoms with E-state index in [2.05, 4.69) is 5.32 Å². The van der Waals surface area contributed by atoms with E-state index in [0.29, 0.717) is 6.54 Å². The van der Waals surface area contributed by atoms with E-state index in [-0.39, 0.29) is 11.2 Å². The van der Waals surface area contributed by atoms with Crippen LogP contribution in [0.2, 0.25) is 0 Å². The van der Waals surface area contributed by atoms with E-state index in [1.807, 2.05) is 24.3 Å². The number of ether oxygens (including phenoxy) is 1. The highest BCUT2D eigenvalue weighted by Crippen LogP contribution is 2.26. The van der Waals surface area contributed by atoms with E-state index < -0.39 is 0 Å². The number of thioether (sulfide) groups is 1. The average molecular weight is 251 g/mol. The molecule has 0 aromatic heterocycles. The molecule has 4 heteroatoms. The molecule has 1 aliphatic heterocycles. The highest BCUT2D eigenvalue weighted by Gasteiger charge is 2.22. The molecule has 3 nitrogen and oxygen atoms in total. The molecule has 1 unspecified atom stereocenters. The molecule has 1 heterocycles. The van der Waals surface area contributed by atoms with Crippen LogP contribution in [-0.4, -0.2) is 24.0 Å². The Bertz CT molecular complexity index is 372. The number of hydrogen-bond donors (Lipinski definition) is 1. The van der Waals surface area contributed by atoms with Crippen LogP contribution < -0.4 is 10.1 Å². The zero-order valence-corrected chi connectivity index (χ0v) is 10.8. The van der Waals surface area contributed by atoms with E-state index >= 15 is 0 Å². The van der Waals surface area contributed by atoms with Gasteiger partial charge in [-0.15, -0.1) is 11.8 Å². The van der Waals surface area contributed by atoms with Gasteiger partial charge in [0.15, 0.2) is 0 Å². The molecule has 1 amide bonds. The topological polar surface area (TPSA) is 38.3 Å². The lowest BCUT2D eigenvalue weighted by Gasteiger charge is -2.10. The number of carbonyl (C=O) groups excluding carboxylic acids is 1. The SMILES string of the molecule is COc1ccc(CNC(=O)C2CCCS2)cc1. The first-order valence-electron chi connectivity index (χ1n) is 5.82. The fourth-order valence-electron chi connectivity index (χ4n) is 1.83. The summed E-state index contributed by atoms with van der Waals surface area (Å²) in [5.74, 6) is 2.12. The van der Waals surface area contributed by atoms with Gasteiger partial charge in [0.2, 0.25) is 5.91 Å². The maximum Gasteiger partial charge on any atom is 0.233 e. The molecular weight excluding hydrogens is 234 g/mol. The van der Waals surface area contributed by atoms with Crippen molar-refractivity contribution < 1.29 is 9.53 Å². The van der Waals surface area contributed by atoms with Crippen molar-refractivity contribution in [1.29, 1.82) is 0 Å². The van der Waals surface area contributed by atoms with Gasteiger partial charge in [-0.05, 0) is 36.3 Å². The lowest BCUT2D eigenvalue weighted by molar-refractivity contribution is -0.120. The van der Waals surface area contributed by atoms with Gasteiger partial charge in [0.05, 0.1) is 12.4 Å². The van der Waals surface area contributed by atoms with Crippen LogP contribution in [0.15, 0.2) is 24.3 Å². The van der Waals surface area contributed by atoms with Crippen LogP contribution in [0.4, 0.5) is 0 Å². The number of nitrogens with one attached hydrogen (secondary N) is 1. The Kier molecular flexibility index (Phi) is 4.31. The molecule has 1 aromatic carbocycles. The second kappa shape index (κ2) is 5.96. The second-order valence-electron chi connectivity index (χ2n) is 4.07. The molecule has 92 valence electrons. The van der Waals surface area contributed by atoms with Gasteiger partial charge < -0.3 is 10.1 Å². The molecule has 1 fully saturated rings. The van der Waals surface area contributed by atoms with Crippen LogP contribution in [0.3, 0.4) is 0 Å². The van der Waals surface area contributed by atoms with E-state index in [1.54, 1.807) is 18.9 Å². The monoisotopic (exact) mass is 251 g/mol. The van der Waals surface area contributed by atoms with Crippen molar-refractivity contribution in [2.75, 3.05) is 12.9 Å². The molecule has 1 atom stereocenters. The summed E-state index contributed by atoms with van der Waals surface area (Å²) >= 11 is 1.76. The first-order chi connectivity index (χ1) is 8.29. The smallest absolute Gasteiger partial charge is 0.233 e. The average Bonchev–Trinajstić information content (AvgIpc) is 2.90. The minimum Gasteiger partial charge on any atom is -0.497 e. The Morgan fingerprint density at radius 1 is 1.47 bits per heavy atom. The number of carbonyl (C=O) groups is 1. The highest BCUT2D eigenvalue weighted by molar-refractivity contribution is 8.00. The van der Waals surface area contributed by atoms with E-state index in [0.717, 1.165) is 29.9 Å². The maximum absolute atomic E-state index is 11.8. The third-order valence-electron chi connectivity index (χ3n) is 2.85. The van der Waals surface area contributed by atoms with Gasteiger partial charge >= 0.3 is 0 Å². The molecule has 0 saturated carbocycles. The summed E-state index contributed by atoms with van der Waals surface area (Å²) in [5.41, 5.74) is 1.10. The number of benzene rings is 1. The lowest BCUT2D eigenvalue weighted by Crippen LogP contribution is -2.30. The standard InChI is InChI=1S/C13H17NO2S/c1-16-11-6-4-10(5-7-11)9-14-13(15)12-3-2-8-17-12/h4-7,12H,2-3,8-9H2,1H3,(H,14,15). The molecule has 0 aliphatic carbocycles. The molecule has 0 spiro atoms. The van der Waals surface area contributed by atoms with Crippen molar-refractivity contribution in [3.8, 4) is 5.75 Å². The lowest BCUT2D eigenvalue weighted by atomic mass is 10.2. The fourth-order valence-corrected chi connectivity index (χ4v) is 3.02. The maximum atomic E-state index is 11.8. The third kappa shape index (κ3) is 3.40. The summed E-state index contributed by atoms with van der Waals surface area (Å²) in [6, 6.07) is 7.76. The molecule has 1 aliphatic rings. The number of methoxy groups -OCH3 is 1. The van der Waals surface area contributed by atoms with Crippen molar-refractivity contribution in [2.45, 2.75) is 24.6 Å². The zero-order valence-electron chi connectivity index (χ0n) is 9.94. The van der Waals surface area contributed by atoms with Crippen LogP contribution in [0.1, 0.15) is 18.4 Å². The van der Waals surface area contributed by atoms with Gasteiger partial charge in [-0.1, -0.05) is 12.1 Å². The Labute approximate surface area is 106 Å². The predicted octanol–water partition coefficient (Wildman–Crippen LogP) is 2.21. The van der Waals surface area contributed by atoms with Crippen LogP contribution >= 0.6 is 11.8 Å². The number of hydrogen-bond acceptors (Lipinski definition) is 3. The molecule has 2 rings (SSSR count). The van der Waals surface area contributed by atoms with Gasteiger partial charge in [-0.2, -0.15) is 0 Å². The summed E-state index contributed by atoms with van der Waals surface area (Å²) in [6.07, 6.45) is 2.17. The normalized spacial score (nSPS) is 19.0. The summed E-state index contributed by atoms with van der Waals surface area (Å²) in [7, 11) is 1.65. The van der Waals surface area contributed by atoms with Crippen LogP contribution in [0.5, 0.6) is 5.75 Å². The van der Waals surface area contributed by atoms with Gasteiger partial charge in [-0.3, -0.25) is 4.79 Å². The molecular formula is C13H17NO2S. The summed E-state index contributed by atoms with van der Waals surface area (Å²) in [6.45, 7) is 0.597. The largest absolute Gasteiger partial charge is 0.497 e. The Hall–Kier alpha value is -1.16. The fraction of sp³-hybridized carbons (Fsp3) is 0.462. The van der Waals surface area contributed by atoms with Crippen molar-refractivity contribution in [2.24, 2.45) is 0 Å². The molecule has 0 bridgehead atoms. The molecule has 0 radical (unpaired) electrons. The second-order valence-corrected chi connectivity index (χ2v) is 5.38. The third-order valence-corrected chi connectivity index (χ3v) is 4.22. The predicted molar refractivity (Wildman–Crippen MR) is 70.3 cm³/mol.